The van der Waals surface area contributed by atoms with Crippen molar-refractivity contribution >= 4 is 37.1 Å². The van der Waals surface area contributed by atoms with Gasteiger partial charge in [0.05, 0.1) is 5.75 Å². The summed E-state index contributed by atoms with van der Waals surface area (Å²) in [5.41, 5.74) is 0.0635. The Labute approximate surface area is 105 Å². The molecule has 17 heavy (non-hydrogen) atoms. The van der Waals surface area contributed by atoms with Gasteiger partial charge in [-0.25, -0.2) is 27.7 Å². The summed E-state index contributed by atoms with van der Waals surface area (Å²) in [4.78, 5) is 15.1. The van der Waals surface area contributed by atoms with Crippen molar-refractivity contribution in [2.75, 3.05) is 11.5 Å². The van der Waals surface area contributed by atoms with E-state index in [9.17, 15) is 13.2 Å². The Morgan fingerprint density at radius 1 is 1.53 bits per heavy atom. The van der Waals surface area contributed by atoms with Gasteiger partial charge in [0.2, 0.25) is 9.05 Å². The molecule has 10 heteroatoms. The summed E-state index contributed by atoms with van der Waals surface area (Å²) in [6, 6.07) is 1.59. The number of H-pyrrole nitrogens is 1. The summed E-state index contributed by atoms with van der Waals surface area (Å²) in [6.45, 7) is 0. The highest BCUT2D eigenvalue weighted by Crippen LogP contribution is 2.16. The lowest BCUT2D eigenvalue weighted by molar-refractivity contribution is 0.611. The predicted molar refractivity (Wildman–Crippen MR) is 64.0 cm³/mol. The monoisotopic (exact) mass is 294 g/mol. The van der Waals surface area contributed by atoms with Crippen molar-refractivity contribution in [1.29, 1.82) is 0 Å². The van der Waals surface area contributed by atoms with Gasteiger partial charge in [-0.15, -0.1) is 11.8 Å². The van der Waals surface area contributed by atoms with E-state index in [4.69, 9.17) is 10.7 Å². The van der Waals surface area contributed by atoms with Crippen molar-refractivity contribution in [1.82, 2.24) is 19.6 Å². The molecule has 2 heterocycles. The summed E-state index contributed by atoms with van der Waals surface area (Å²) >= 11 is 1.23. The van der Waals surface area contributed by atoms with E-state index in [-0.39, 0.29) is 11.4 Å². The highest BCUT2D eigenvalue weighted by atomic mass is 35.7. The van der Waals surface area contributed by atoms with Gasteiger partial charge in [0.25, 0.3) is 0 Å². The van der Waals surface area contributed by atoms with E-state index in [0.29, 0.717) is 16.4 Å². The third kappa shape index (κ3) is 3.20. The van der Waals surface area contributed by atoms with Crippen molar-refractivity contribution in [3.05, 3.63) is 22.9 Å². The van der Waals surface area contributed by atoms with E-state index in [2.05, 4.69) is 15.2 Å². The molecule has 0 aliphatic carbocycles. The number of thioether (sulfide) groups is 1. The molecule has 2 rings (SSSR count). The van der Waals surface area contributed by atoms with Crippen LogP contribution in [0.2, 0.25) is 0 Å². The van der Waals surface area contributed by atoms with Gasteiger partial charge >= 0.3 is 5.69 Å². The standard InChI is InChI=1S/C7H7ClN4O3S2/c8-17(14,15)2-1-16-6-3-5-10-11-7(13)12(5)4-9-6/h3-4H,1-2H2,(H,11,13). The van der Waals surface area contributed by atoms with Gasteiger partial charge in [0, 0.05) is 22.5 Å². The van der Waals surface area contributed by atoms with Crippen molar-refractivity contribution in [3.63, 3.8) is 0 Å². The van der Waals surface area contributed by atoms with E-state index in [1.165, 1.54) is 22.5 Å². The lowest BCUT2D eigenvalue weighted by Gasteiger charge is -1.98. The molecule has 0 spiro atoms. The number of rotatable bonds is 4. The molecular formula is C7H7ClN4O3S2. The zero-order valence-electron chi connectivity index (χ0n) is 8.33. The number of nitrogens with one attached hydrogen (secondary N) is 1. The van der Waals surface area contributed by atoms with Crippen LogP contribution in [0.4, 0.5) is 0 Å². The van der Waals surface area contributed by atoms with Crippen LogP contribution in [0.3, 0.4) is 0 Å². The van der Waals surface area contributed by atoms with Crippen LogP contribution in [0.1, 0.15) is 0 Å². The molecule has 1 N–H and O–H groups in total. The lowest BCUT2D eigenvalue weighted by Crippen LogP contribution is -2.09. The highest BCUT2D eigenvalue weighted by Gasteiger charge is 2.07. The number of aromatic amines is 1. The molecular weight excluding hydrogens is 288 g/mol. The summed E-state index contributed by atoms with van der Waals surface area (Å²) in [7, 11) is 1.59. The Kier molecular flexibility index (Phi) is 3.40. The molecule has 0 saturated heterocycles. The first kappa shape index (κ1) is 12.4. The summed E-state index contributed by atoms with van der Waals surface area (Å²) in [6.07, 6.45) is 1.33. The molecule has 0 saturated carbocycles. The van der Waals surface area contributed by atoms with Crippen molar-refractivity contribution in [2.24, 2.45) is 0 Å². The van der Waals surface area contributed by atoms with E-state index >= 15 is 0 Å². The first-order valence-electron chi connectivity index (χ1n) is 4.44. The first-order valence-corrected chi connectivity index (χ1v) is 7.90. The molecule has 0 amide bonds. The Hall–Kier alpha value is -1.06. The Morgan fingerprint density at radius 2 is 2.29 bits per heavy atom. The maximum absolute atomic E-state index is 11.1. The smallest absolute Gasteiger partial charge is 0.246 e. The third-order valence-electron chi connectivity index (χ3n) is 1.86. The van der Waals surface area contributed by atoms with Gasteiger partial charge in [-0.3, -0.25) is 0 Å². The van der Waals surface area contributed by atoms with Crippen molar-refractivity contribution in [2.45, 2.75) is 5.03 Å². The average molecular weight is 295 g/mol. The second-order valence-corrected chi connectivity index (χ2v) is 7.09. The molecule has 0 aliphatic heterocycles. The molecule has 0 unspecified atom stereocenters. The topological polar surface area (TPSA) is 97.2 Å². The molecule has 7 nitrogen and oxygen atoms in total. The van der Waals surface area contributed by atoms with E-state index < -0.39 is 9.05 Å². The number of nitrogens with zero attached hydrogens (tertiary/aromatic N) is 3. The molecule has 0 bridgehead atoms. The van der Waals surface area contributed by atoms with Gasteiger partial charge in [0.15, 0.2) is 5.65 Å². The largest absolute Gasteiger partial charge is 0.348 e. The van der Waals surface area contributed by atoms with Crippen LogP contribution >= 0.6 is 22.4 Å². The Bertz CT molecular complexity index is 692. The number of halogens is 1. The minimum Gasteiger partial charge on any atom is -0.246 e. The zero-order chi connectivity index (χ0) is 12.5. The average Bonchev–Trinajstić information content (AvgIpc) is 2.58. The Morgan fingerprint density at radius 3 is 3.00 bits per heavy atom. The van der Waals surface area contributed by atoms with Crippen LogP contribution in [-0.4, -0.2) is 39.5 Å². The van der Waals surface area contributed by atoms with Crippen molar-refractivity contribution in [3.8, 4) is 0 Å². The molecule has 2 aromatic heterocycles. The number of aromatic nitrogens is 4. The third-order valence-corrected chi connectivity index (χ3v) is 4.20. The van der Waals surface area contributed by atoms with Gasteiger partial charge in [0.1, 0.15) is 11.4 Å². The highest BCUT2D eigenvalue weighted by molar-refractivity contribution is 8.14. The predicted octanol–water partition coefficient (Wildman–Crippen LogP) is 0.0783. The van der Waals surface area contributed by atoms with Crippen LogP contribution in [0, 0.1) is 0 Å². The fraction of sp³-hybridized carbons (Fsp3) is 0.286. The molecule has 92 valence electrons. The molecule has 0 atom stereocenters. The zero-order valence-corrected chi connectivity index (χ0v) is 10.7. The van der Waals surface area contributed by atoms with Crippen molar-refractivity contribution < 1.29 is 8.42 Å². The summed E-state index contributed by atoms with van der Waals surface area (Å²) < 4.78 is 22.7. The number of fused-ring (bicyclic) bond motifs is 1. The van der Waals surface area contributed by atoms with Crippen LogP contribution in [0.25, 0.3) is 5.65 Å². The maximum Gasteiger partial charge on any atom is 0.348 e. The van der Waals surface area contributed by atoms with E-state index in [0.717, 1.165) is 0 Å². The van der Waals surface area contributed by atoms with Crippen LogP contribution in [0.15, 0.2) is 22.2 Å². The summed E-state index contributed by atoms with van der Waals surface area (Å²) in [5, 5.41) is 6.62. The lowest BCUT2D eigenvalue weighted by atomic mass is 10.6. The van der Waals surface area contributed by atoms with Gasteiger partial charge < -0.3 is 0 Å². The number of hydrogen-bond donors (Lipinski definition) is 1. The summed E-state index contributed by atoms with van der Waals surface area (Å²) in [5.74, 6) is 0.156. The van der Waals surface area contributed by atoms with Gasteiger partial charge in [-0.05, 0) is 0 Å². The first-order chi connectivity index (χ1) is 7.96. The van der Waals surface area contributed by atoms with Crippen LogP contribution in [0.5, 0.6) is 0 Å². The molecule has 0 fully saturated rings. The van der Waals surface area contributed by atoms with E-state index in [1.807, 2.05) is 0 Å². The fourth-order valence-electron chi connectivity index (χ4n) is 1.12. The van der Waals surface area contributed by atoms with Crippen LogP contribution < -0.4 is 5.69 Å². The molecule has 0 aromatic carbocycles. The quantitative estimate of drug-likeness (QED) is 0.487. The van der Waals surface area contributed by atoms with Gasteiger partial charge in [-0.2, -0.15) is 5.10 Å². The molecule has 0 radical (unpaired) electrons. The maximum atomic E-state index is 11.1. The second kappa shape index (κ2) is 4.67. The minimum atomic E-state index is -3.49. The number of hydrogen-bond acceptors (Lipinski definition) is 6. The Balaban J connectivity index is 2.12. The molecule has 2 aromatic rings. The van der Waals surface area contributed by atoms with Gasteiger partial charge in [-0.1, -0.05) is 0 Å². The SMILES string of the molecule is O=c1[nH]nc2cc(SCCS(=O)(=O)Cl)ncn12. The second-order valence-electron chi connectivity index (χ2n) is 3.08. The molecule has 0 aliphatic rings. The normalized spacial score (nSPS) is 12.1. The van der Waals surface area contributed by atoms with Crippen LogP contribution in [-0.2, 0) is 9.05 Å². The minimum absolute atomic E-state index is 0.139. The fourth-order valence-corrected chi connectivity index (χ4v) is 3.33. The van der Waals surface area contributed by atoms with E-state index in [1.54, 1.807) is 6.07 Å².